The third-order valence-corrected chi connectivity index (χ3v) is 2.33. The van der Waals surface area contributed by atoms with Gasteiger partial charge in [-0.25, -0.2) is 4.98 Å². The highest BCUT2D eigenvalue weighted by Crippen LogP contribution is 2.08. The molecule has 76 valence electrons. The van der Waals surface area contributed by atoms with Gasteiger partial charge < -0.3 is 0 Å². The van der Waals surface area contributed by atoms with Crippen molar-refractivity contribution in [3.63, 3.8) is 0 Å². The Bertz CT molecular complexity index is 424. The number of nitrogens with zero attached hydrogens (tertiary/aromatic N) is 2. The Kier molecular flexibility index (Phi) is 3.44. The van der Waals surface area contributed by atoms with Crippen LogP contribution in [0.25, 0.3) is 0 Å². The predicted molar refractivity (Wildman–Crippen MR) is 58.8 cm³/mol. The average molecular weight is 278 g/mol. The Morgan fingerprint density at radius 1 is 1.64 bits per heavy atom. The second-order valence-electron chi connectivity index (χ2n) is 3.11. The fourth-order valence-corrected chi connectivity index (χ4v) is 1.58. The lowest BCUT2D eigenvalue weighted by Crippen LogP contribution is -2.30. The Morgan fingerprint density at radius 3 is 2.71 bits per heavy atom. The summed E-state index contributed by atoms with van der Waals surface area (Å²) in [5, 5.41) is 15.5. The molecule has 0 radical (unpaired) electrons. The largest absolute Gasteiger partial charge is 0.288 e. The number of halogens is 2. The normalized spacial score (nSPS) is 10.6. The van der Waals surface area contributed by atoms with E-state index in [1.807, 2.05) is 13.8 Å². The molecule has 0 aliphatic heterocycles. The molecule has 2 N–H and O–H groups in total. The van der Waals surface area contributed by atoms with Gasteiger partial charge >= 0.3 is 0 Å². The Hall–Kier alpha value is -0.680. The van der Waals surface area contributed by atoms with Crippen LogP contribution in [0.5, 0.6) is 0 Å². The van der Waals surface area contributed by atoms with Gasteiger partial charge in [0.25, 0.3) is 0 Å². The highest BCUT2D eigenvalue weighted by molar-refractivity contribution is 9.10. The van der Waals surface area contributed by atoms with Gasteiger partial charge in [-0.15, -0.1) is 0 Å². The summed E-state index contributed by atoms with van der Waals surface area (Å²) in [6.45, 7) is 3.77. The van der Waals surface area contributed by atoms with Crippen LogP contribution in [-0.4, -0.2) is 15.4 Å². The quantitative estimate of drug-likeness (QED) is 0.600. The van der Waals surface area contributed by atoms with Gasteiger partial charge in [-0.2, -0.15) is 0 Å². The molecule has 0 aliphatic rings. The van der Waals surface area contributed by atoms with Crippen molar-refractivity contribution in [1.82, 2.24) is 9.55 Å². The maximum atomic E-state index is 7.75. The lowest BCUT2D eigenvalue weighted by molar-refractivity contribution is 0.790. The predicted octanol–water partition coefficient (Wildman–Crippen LogP) is 2.26. The highest BCUT2D eigenvalue weighted by atomic mass is 79.9. The molecule has 4 nitrogen and oxygen atoms in total. The maximum Gasteiger partial charge on any atom is 0.172 e. The first-order valence-electron chi connectivity index (χ1n) is 4.01. The van der Waals surface area contributed by atoms with E-state index >= 15 is 0 Å². The molecule has 1 aromatic heterocycles. The summed E-state index contributed by atoms with van der Waals surface area (Å²) >= 11 is 8.89. The first-order chi connectivity index (χ1) is 6.43. The molecule has 0 spiro atoms. The number of rotatable bonds is 1. The van der Waals surface area contributed by atoms with Gasteiger partial charge in [0.05, 0.1) is 0 Å². The third kappa shape index (κ3) is 2.22. The summed E-state index contributed by atoms with van der Waals surface area (Å²) in [7, 11) is 0. The molecule has 0 atom stereocenters. The van der Waals surface area contributed by atoms with Crippen LogP contribution in [0.15, 0.2) is 10.8 Å². The first kappa shape index (κ1) is 11.4. The average Bonchev–Trinajstić information content (AvgIpc) is 2.09. The Labute approximate surface area is 95.1 Å². The van der Waals surface area contributed by atoms with Crippen molar-refractivity contribution in [2.75, 3.05) is 0 Å². The van der Waals surface area contributed by atoms with E-state index in [-0.39, 0.29) is 16.6 Å². The molecule has 0 aromatic carbocycles. The Morgan fingerprint density at radius 2 is 2.21 bits per heavy atom. The fraction of sp³-hybridized carbons (Fsp3) is 0.375. The van der Waals surface area contributed by atoms with Crippen molar-refractivity contribution in [3.05, 3.63) is 21.4 Å². The van der Waals surface area contributed by atoms with Crippen LogP contribution in [0.1, 0.15) is 13.8 Å². The molecular weight excluding hydrogens is 267 g/mol. The summed E-state index contributed by atoms with van der Waals surface area (Å²) in [6, 6.07) is 0. The molecule has 6 heteroatoms. The third-order valence-electron chi connectivity index (χ3n) is 1.68. The number of nitrogens with one attached hydrogen (secondary N) is 2. The molecule has 0 fully saturated rings. The Balaban J connectivity index is 3.35. The maximum absolute atomic E-state index is 7.75. The zero-order valence-corrected chi connectivity index (χ0v) is 10.1. The monoisotopic (exact) mass is 276 g/mol. The highest BCUT2D eigenvalue weighted by Gasteiger charge is 2.09. The van der Waals surface area contributed by atoms with E-state index in [2.05, 4.69) is 20.9 Å². The van der Waals surface area contributed by atoms with Crippen LogP contribution in [0, 0.1) is 16.7 Å². The summed E-state index contributed by atoms with van der Waals surface area (Å²) in [5.74, 6) is 0.356. The molecule has 0 aliphatic carbocycles. The standard InChI is InChI=1S/C8H10BrClN4/c1-4(2)7(11)14-3-5(9)13-6(10)8(14)12/h3-4,11-12H,1-2H3. The number of hydrogen-bond donors (Lipinski definition) is 2. The van der Waals surface area contributed by atoms with Crippen molar-refractivity contribution < 1.29 is 0 Å². The van der Waals surface area contributed by atoms with Crippen molar-refractivity contribution in [2.24, 2.45) is 5.92 Å². The van der Waals surface area contributed by atoms with Crippen LogP contribution >= 0.6 is 27.5 Å². The van der Waals surface area contributed by atoms with E-state index in [0.29, 0.717) is 10.4 Å². The van der Waals surface area contributed by atoms with E-state index in [4.69, 9.17) is 22.4 Å². The van der Waals surface area contributed by atoms with Crippen molar-refractivity contribution in [2.45, 2.75) is 13.8 Å². The molecule has 1 aromatic rings. The first-order valence-corrected chi connectivity index (χ1v) is 5.18. The lowest BCUT2D eigenvalue weighted by Gasteiger charge is -2.11. The molecular formula is C8H10BrClN4. The fourth-order valence-electron chi connectivity index (χ4n) is 0.914. The summed E-state index contributed by atoms with van der Waals surface area (Å²) in [4.78, 5) is 3.85. The minimum absolute atomic E-state index is 0.0357. The molecule has 0 saturated carbocycles. The van der Waals surface area contributed by atoms with Gasteiger partial charge in [-0.1, -0.05) is 25.4 Å². The summed E-state index contributed by atoms with van der Waals surface area (Å²) < 4.78 is 1.92. The van der Waals surface area contributed by atoms with Gasteiger partial charge in [0.1, 0.15) is 10.4 Å². The van der Waals surface area contributed by atoms with Crippen LogP contribution in [0.4, 0.5) is 0 Å². The molecule has 0 unspecified atom stereocenters. The topological polar surface area (TPSA) is 65.5 Å². The van der Waals surface area contributed by atoms with Gasteiger partial charge in [-0.3, -0.25) is 15.4 Å². The van der Waals surface area contributed by atoms with E-state index in [1.54, 1.807) is 6.20 Å². The minimum Gasteiger partial charge on any atom is -0.288 e. The van der Waals surface area contributed by atoms with E-state index < -0.39 is 0 Å². The van der Waals surface area contributed by atoms with E-state index in [9.17, 15) is 0 Å². The molecule has 14 heavy (non-hydrogen) atoms. The molecule has 1 heterocycles. The number of aromatic nitrogens is 2. The van der Waals surface area contributed by atoms with Gasteiger partial charge in [0.2, 0.25) is 0 Å². The molecule has 0 saturated heterocycles. The summed E-state index contributed by atoms with van der Waals surface area (Å²) in [6.07, 6.45) is 1.57. The molecule has 0 bridgehead atoms. The van der Waals surface area contributed by atoms with Crippen molar-refractivity contribution >= 4 is 33.4 Å². The molecule has 1 rings (SSSR count). The van der Waals surface area contributed by atoms with Crippen LogP contribution in [0.3, 0.4) is 0 Å². The zero-order valence-electron chi connectivity index (χ0n) is 7.81. The van der Waals surface area contributed by atoms with Gasteiger partial charge in [0, 0.05) is 12.1 Å². The van der Waals surface area contributed by atoms with Crippen LogP contribution < -0.4 is 5.49 Å². The second-order valence-corrected chi connectivity index (χ2v) is 4.28. The van der Waals surface area contributed by atoms with Gasteiger partial charge in [0.15, 0.2) is 10.6 Å². The second kappa shape index (κ2) is 4.23. The minimum atomic E-state index is 0.0357. The summed E-state index contributed by atoms with van der Waals surface area (Å²) in [5.41, 5.74) is 0.0357. The van der Waals surface area contributed by atoms with Crippen molar-refractivity contribution in [1.29, 1.82) is 10.8 Å². The molecule has 0 amide bonds. The number of hydrogen-bond acceptors (Lipinski definition) is 3. The van der Waals surface area contributed by atoms with E-state index in [0.717, 1.165) is 0 Å². The van der Waals surface area contributed by atoms with Crippen LogP contribution in [0.2, 0.25) is 5.15 Å². The SMILES string of the molecule is CC(C)C(=N)n1cc(Br)nc(Cl)c1=N. The van der Waals surface area contributed by atoms with Crippen molar-refractivity contribution in [3.8, 4) is 0 Å². The zero-order chi connectivity index (χ0) is 10.9. The van der Waals surface area contributed by atoms with E-state index in [1.165, 1.54) is 4.57 Å². The van der Waals surface area contributed by atoms with Gasteiger partial charge in [-0.05, 0) is 15.9 Å². The van der Waals surface area contributed by atoms with Crippen LogP contribution in [-0.2, 0) is 0 Å². The lowest BCUT2D eigenvalue weighted by atomic mass is 10.2. The smallest absolute Gasteiger partial charge is 0.172 e.